The van der Waals surface area contributed by atoms with E-state index in [1.165, 1.54) is 25.7 Å². The number of hydrogen-bond donors (Lipinski definition) is 1. The van der Waals surface area contributed by atoms with Gasteiger partial charge in [-0.05, 0) is 31.7 Å². The molecule has 0 bridgehead atoms. The molecule has 1 heterocycles. The smallest absolute Gasteiger partial charge is 0.228 e. The standard InChI is InChI=1S/C15H27N3O2/c1-3-16-13(12-7-4-5-8-12)11-15-17-14(18-20-15)9-6-10-19-2/h12-13,16H,3-11H2,1-2H3. The summed E-state index contributed by atoms with van der Waals surface area (Å²) in [4.78, 5) is 4.50. The summed E-state index contributed by atoms with van der Waals surface area (Å²) in [7, 11) is 1.71. The van der Waals surface area contributed by atoms with E-state index in [9.17, 15) is 0 Å². The maximum Gasteiger partial charge on any atom is 0.228 e. The molecule has 5 nitrogen and oxygen atoms in total. The van der Waals surface area contributed by atoms with E-state index < -0.39 is 0 Å². The molecule has 0 aliphatic heterocycles. The summed E-state index contributed by atoms with van der Waals surface area (Å²) in [5.41, 5.74) is 0. The van der Waals surface area contributed by atoms with Crippen molar-refractivity contribution in [3.05, 3.63) is 11.7 Å². The summed E-state index contributed by atoms with van der Waals surface area (Å²) in [6.07, 6.45) is 7.99. The van der Waals surface area contributed by atoms with E-state index in [2.05, 4.69) is 22.4 Å². The molecular formula is C15H27N3O2. The number of rotatable bonds is 9. The molecule has 0 spiro atoms. The highest BCUT2D eigenvalue weighted by molar-refractivity contribution is 4.92. The lowest BCUT2D eigenvalue weighted by atomic mass is 9.95. The largest absolute Gasteiger partial charge is 0.385 e. The summed E-state index contributed by atoms with van der Waals surface area (Å²) in [5, 5.41) is 7.65. The molecule has 1 fully saturated rings. The van der Waals surface area contributed by atoms with Crippen molar-refractivity contribution in [2.24, 2.45) is 5.92 Å². The van der Waals surface area contributed by atoms with Crippen LogP contribution in [0.5, 0.6) is 0 Å². The molecule has 20 heavy (non-hydrogen) atoms. The Kier molecular flexibility index (Phi) is 6.47. The Morgan fingerprint density at radius 1 is 1.40 bits per heavy atom. The van der Waals surface area contributed by atoms with Gasteiger partial charge in [0.1, 0.15) is 0 Å². The van der Waals surface area contributed by atoms with E-state index in [0.29, 0.717) is 6.04 Å². The first-order valence-corrected chi connectivity index (χ1v) is 7.87. The Labute approximate surface area is 121 Å². The van der Waals surface area contributed by atoms with E-state index in [-0.39, 0.29) is 0 Å². The van der Waals surface area contributed by atoms with Crippen molar-refractivity contribution >= 4 is 0 Å². The molecule has 1 aliphatic carbocycles. The number of aryl methyl sites for hydroxylation is 1. The zero-order valence-electron chi connectivity index (χ0n) is 12.7. The topological polar surface area (TPSA) is 60.2 Å². The van der Waals surface area contributed by atoms with Crippen molar-refractivity contribution in [1.29, 1.82) is 0 Å². The normalized spacial score (nSPS) is 17.7. The van der Waals surface area contributed by atoms with Gasteiger partial charge in [-0.1, -0.05) is 24.9 Å². The van der Waals surface area contributed by atoms with Crippen molar-refractivity contribution in [3.8, 4) is 0 Å². The first kappa shape index (κ1) is 15.4. The average molecular weight is 281 g/mol. The predicted octanol–water partition coefficient (Wildman–Crippen LogP) is 2.36. The third-order valence-corrected chi connectivity index (χ3v) is 4.09. The Bertz CT molecular complexity index is 375. The van der Waals surface area contributed by atoms with Gasteiger partial charge < -0.3 is 14.6 Å². The SMILES string of the molecule is CCNC(Cc1nc(CCCOC)no1)C1CCCC1. The number of nitrogens with one attached hydrogen (secondary N) is 1. The van der Waals surface area contributed by atoms with Crippen LogP contribution in [0, 0.1) is 5.92 Å². The van der Waals surface area contributed by atoms with Crippen molar-refractivity contribution in [2.45, 2.75) is 57.9 Å². The van der Waals surface area contributed by atoms with Crippen LogP contribution in [0.1, 0.15) is 50.7 Å². The molecule has 0 saturated heterocycles. The van der Waals surface area contributed by atoms with Crippen LogP contribution in [0.3, 0.4) is 0 Å². The van der Waals surface area contributed by atoms with Crippen molar-refractivity contribution in [3.63, 3.8) is 0 Å². The van der Waals surface area contributed by atoms with E-state index in [1.54, 1.807) is 7.11 Å². The molecule has 1 aromatic heterocycles. The minimum Gasteiger partial charge on any atom is -0.385 e. The molecule has 1 aliphatic rings. The molecule has 1 atom stereocenters. The van der Waals surface area contributed by atoms with Crippen molar-refractivity contribution in [1.82, 2.24) is 15.5 Å². The monoisotopic (exact) mass is 281 g/mol. The third-order valence-electron chi connectivity index (χ3n) is 4.09. The van der Waals surface area contributed by atoms with Gasteiger partial charge in [0.2, 0.25) is 5.89 Å². The van der Waals surface area contributed by atoms with Gasteiger partial charge in [-0.25, -0.2) is 0 Å². The second-order valence-electron chi connectivity index (χ2n) is 5.61. The molecule has 0 amide bonds. The first-order chi connectivity index (χ1) is 9.83. The van der Waals surface area contributed by atoms with Crippen LogP contribution < -0.4 is 5.32 Å². The molecule has 2 rings (SSSR count). The second-order valence-corrected chi connectivity index (χ2v) is 5.61. The molecule has 0 aromatic carbocycles. The second kappa shape index (κ2) is 8.37. The van der Waals surface area contributed by atoms with Crippen LogP contribution in [-0.2, 0) is 17.6 Å². The maximum atomic E-state index is 5.39. The minimum absolute atomic E-state index is 0.481. The number of nitrogens with zero attached hydrogens (tertiary/aromatic N) is 2. The first-order valence-electron chi connectivity index (χ1n) is 7.87. The van der Waals surface area contributed by atoms with Gasteiger partial charge in [-0.15, -0.1) is 0 Å². The third kappa shape index (κ3) is 4.56. The van der Waals surface area contributed by atoms with Gasteiger partial charge in [0.05, 0.1) is 0 Å². The van der Waals surface area contributed by atoms with Gasteiger partial charge in [-0.2, -0.15) is 4.98 Å². The van der Waals surface area contributed by atoms with E-state index >= 15 is 0 Å². The van der Waals surface area contributed by atoms with E-state index in [4.69, 9.17) is 9.26 Å². The van der Waals surface area contributed by atoms with Crippen LogP contribution in [0.4, 0.5) is 0 Å². The summed E-state index contributed by atoms with van der Waals surface area (Å²) in [6.45, 7) is 3.90. The Hall–Kier alpha value is -0.940. The molecule has 1 N–H and O–H groups in total. The quantitative estimate of drug-likeness (QED) is 0.704. The van der Waals surface area contributed by atoms with Crippen LogP contribution in [-0.4, -0.2) is 36.4 Å². The number of hydrogen-bond acceptors (Lipinski definition) is 5. The average Bonchev–Trinajstić information content (AvgIpc) is 3.10. The van der Waals surface area contributed by atoms with Gasteiger partial charge in [0.25, 0.3) is 0 Å². The molecule has 1 aromatic rings. The lowest BCUT2D eigenvalue weighted by Gasteiger charge is -2.22. The highest BCUT2D eigenvalue weighted by atomic mass is 16.5. The highest BCUT2D eigenvalue weighted by Crippen LogP contribution is 2.29. The Morgan fingerprint density at radius 2 is 2.20 bits per heavy atom. The van der Waals surface area contributed by atoms with Gasteiger partial charge in [0, 0.05) is 32.6 Å². The highest BCUT2D eigenvalue weighted by Gasteiger charge is 2.26. The van der Waals surface area contributed by atoms with Crippen molar-refractivity contribution in [2.75, 3.05) is 20.3 Å². The summed E-state index contributed by atoms with van der Waals surface area (Å²) in [5.74, 6) is 2.34. The molecule has 1 unspecified atom stereocenters. The fraction of sp³-hybridized carbons (Fsp3) is 0.867. The summed E-state index contributed by atoms with van der Waals surface area (Å²) < 4.78 is 10.4. The molecule has 1 saturated carbocycles. The van der Waals surface area contributed by atoms with E-state index in [1.807, 2.05) is 0 Å². The fourth-order valence-electron chi connectivity index (χ4n) is 3.06. The van der Waals surface area contributed by atoms with Crippen LogP contribution in [0.25, 0.3) is 0 Å². The van der Waals surface area contributed by atoms with Gasteiger partial charge in [-0.3, -0.25) is 0 Å². The molecule has 5 heteroatoms. The predicted molar refractivity (Wildman–Crippen MR) is 77.6 cm³/mol. The van der Waals surface area contributed by atoms with Gasteiger partial charge in [0.15, 0.2) is 5.82 Å². The maximum absolute atomic E-state index is 5.39. The fourth-order valence-corrected chi connectivity index (χ4v) is 3.06. The van der Waals surface area contributed by atoms with Crippen LogP contribution in [0.15, 0.2) is 4.52 Å². The number of ether oxygens (including phenoxy) is 1. The molecular weight excluding hydrogens is 254 g/mol. The molecule has 114 valence electrons. The van der Waals surface area contributed by atoms with Crippen LogP contribution in [0.2, 0.25) is 0 Å². The van der Waals surface area contributed by atoms with E-state index in [0.717, 1.165) is 50.0 Å². The number of aromatic nitrogens is 2. The Balaban J connectivity index is 1.86. The molecule has 0 radical (unpaired) electrons. The Morgan fingerprint density at radius 3 is 2.90 bits per heavy atom. The summed E-state index contributed by atoms with van der Waals surface area (Å²) >= 11 is 0. The zero-order valence-corrected chi connectivity index (χ0v) is 12.7. The lowest BCUT2D eigenvalue weighted by Crippen LogP contribution is -2.37. The zero-order chi connectivity index (χ0) is 14.2. The van der Waals surface area contributed by atoms with Gasteiger partial charge >= 0.3 is 0 Å². The minimum atomic E-state index is 0.481. The van der Waals surface area contributed by atoms with Crippen molar-refractivity contribution < 1.29 is 9.26 Å². The number of likely N-dealkylation sites (N-methyl/N-ethyl adjacent to an activating group) is 1. The van der Waals surface area contributed by atoms with Crippen LogP contribution >= 0.6 is 0 Å². The summed E-state index contributed by atoms with van der Waals surface area (Å²) in [6, 6.07) is 0.481. The lowest BCUT2D eigenvalue weighted by molar-refractivity contribution is 0.194. The number of methoxy groups -OCH3 is 1.